The lowest BCUT2D eigenvalue weighted by atomic mass is 9.65. The molecular weight excluding hydrogens is 787 g/mol. The normalized spacial score (nSPS) is 23.6. The molecular formula is C50H47N3O9. The second-order valence-corrected chi connectivity index (χ2v) is 15.9. The Hall–Kier alpha value is -6.65. The molecule has 2 saturated heterocycles. The van der Waals surface area contributed by atoms with E-state index in [0.29, 0.717) is 52.6 Å². The Bertz CT molecular complexity index is 2560. The van der Waals surface area contributed by atoms with Crippen molar-refractivity contribution in [3.8, 4) is 29.1 Å². The number of aliphatic hydroxyl groups is 2. The molecule has 316 valence electrons. The van der Waals surface area contributed by atoms with Crippen molar-refractivity contribution < 1.29 is 43.5 Å². The lowest BCUT2D eigenvalue weighted by Gasteiger charge is -2.46. The van der Waals surface area contributed by atoms with Gasteiger partial charge in [0.2, 0.25) is 11.8 Å². The maximum absolute atomic E-state index is 16.0. The molecule has 1 unspecified atom stereocenters. The number of cyclic esters (lactones) is 1. The number of carbonyl (C=O) groups is 3. The van der Waals surface area contributed by atoms with Crippen molar-refractivity contribution in [2.45, 2.75) is 49.0 Å². The van der Waals surface area contributed by atoms with Crippen LogP contribution in [0.25, 0.3) is 0 Å². The fourth-order valence-electron chi connectivity index (χ4n) is 10.0. The van der Waals surface area contributed by atoms with Crippen molar-refractivity contribution in [1.82, 2.24) is 9.80 Å². The Kier molecular flexibility index (Phi) is 11.2. The van der Waals surface area contributed by atoms with Gasteiger partial charge in [0.05, 0.1) is 45.4 Å². The average Bonchev–Trinajstić information content (AvgIpc) is 3.79. The van der Waals surface area contributed by atoms with E-state index in [2.05, 4.69) is 22.1 Å². The molecule has 5 aromatic rings. The molecule has 2 amide bonds. The van der Waals surface area contributed by atoms with Crippen LogP contribution in [0.3, 0.4) is 0 Å². The minimum absolute atomic E-state index is 0.0889. The van der Waals surface area contributed by atoms with Crippen LogP contribution in [0, 0.1) is 17.8 Å². The molecule has 62 heavy (non-hydrogen) atoms. The SMILES string of the molecule is COc1cc2c(cc1OC)CN(C(=O)[C@H]1[C@@H]3C(=O)O[C@@H](c4ccccc4)[C@@H](c4ccccc4)N3C(c3ccc(OCCO)cc3)[C@]13C(=O)Nc1ccc(C#CCCO)cc13)CC2. The summed E-state index contributed by atoms with van der Waals surface area (Å²) >= 11 is 0. The molecule has 5 aromatic carbocycles. The second-order valence-electron chi connectivity index (χ2n) is 15.9. The molecule has 12 heteroatoms. The van der Waals surface area contributed by atoms with Gasteiger partial charge >= 0.3 is 5.97 Å². The third-order valence-electron chi connectivity index (χ3n) is 12.6. The molecule has 0 saturated carbocycles. The van der Waals surface area contributed by atoms with Gasteiger partial charge in [-0.25, -0.2) is 0 Å². The zero-order chi connectivity index (χ0) is 43.0. The van der Waals surface area contributed by atoms with Gasteiger partial charge in [-0.3, -0.25) is 19.3 Å². The van der Waals surface area contributed by atoms with Crippen molar-refractivity contribution in [3.05, 3.63) is 154 Å². The highest BCUT2D eigenvalue weighted by atomic mass is 16.6. The summed E-state index contributed by atoms with van der Waals surface area (Å²) in [5.41, 5.74) is 4.10. The van der Waals surface area contributed by atoms with E-state index in [9.17, 15) is 10.2 Å². The molecule has 12 nitrogen and oxygen atoms in total. The van der Waals surface area contributed by atoms with E-state index in [-0.39, 0.29) is 38.7 Å². The average molecular weight is 834 g/mol. The third-order valence-corrected chi connectivity index (χ3v) is 12.6. The number of esters is 1. The minimum atomic E-state index is -1.70. The molecule has 4 heterocycles. The number of rotatable bonds is 10. The fourth-order valence-corrected chi connectivity index (χ4v) is 10.0. The largest absolute Gasteiger partial charge is 0.493 e. The van der Waals surface area contributed by atoms with Gasteiger partial charge in [-0.15, -0.1) is 0 Å². The fraction of sp³-hybridized carbons (Fsp3) is 0.300. The van der Waals surface area contributed by atoms with E-state index < -0.39 is 47.4 Å². The van der Waals surface area contributed by atoms with Gasteiger partial charge in [-0.1, -0.05) is 84.6 Å². The summed E-state index contributed by atoms with van der Waals surface area (Å²) in [6.45, 7) is 0.341. The predicted molar refractivity (Wildman–Crippen MR) is 229 cm³/mol. The van der Waals surface area contributed by atoms with E-state index in [4.69, 9.17) is 18.9 Å². The Morgan fingerprint density at radius 2 is 1.52 bits per heavy atom. The first kappa shape index (κ1) is 40.7. The molecule has 9 rings (SSSR count). The first-order valence-electron chi connectivity index (χ1n) is 20.8. The Labute approximate surface area is 360 Å². The van der Waals surface area contributed by atoms with Crippen molar-refractivity contribution in [1.29, 1.82) is 0 Å². The molecule has 0 radical (unpaired) electrons. The van der Waals surface area contributed by atoms with Gasteiger partial charge < -0.3 is 39.4 Å². The van der Waals surface area contributed by atoms with Crippen LogP contribution in [0.2, 0.25) is 0 Å². The van der Waals surface area contributed by atoms with E-state index in [1.54, 1.807) is 43.4 Å². The molecule has 6 atom stereocenters. The van der Waals surface area contributed by atoms with E-state index >= 15 is 14.4 Å². The van der Waals surface area contributed by atoms with Gasteiger partial charge in [-0.05, 0) is 82.3 Å². The number of nitrogens with one attached hydrogen (secondary N) is 1. The van der Waals surface area contributed by atoms with Crippen LogP contribution in [0.15, 0.2) is 115 Å². The number of hydrogen-bond donors (Lipinski definition) is 3. The third kappa shape index (κ3) is 6.83. The van der Waals surface area contributed by atoms with E-state index in [1.165, 1.54) is 0 Å². The lowest BCUT2D eigenvalue weighted by molar-refractivity contribution is -0.179. The van der Waals surface area contributed by atoms with Crippen molar-refractivity contribution in [3.63, 3.8) is 0 Å². The number of carbonyl (C=O) groups excluding carboxylic acids is 3. The molecule has 0 aliphatic carbocycles. The van der Waals surface area contributed by atoms with E-state index in [1.807, 2.05) is 91.0 Å². The molecule has 2 fully saturated rings. The number of morpholine rings is 1. The van der Waals surface area contributed by atoms with E-state index in [0.717, 1.165) is 22.3 Å². The van der Waals surface area contributed by atoms with Crippen LogP contribution < -0.4 is 19.5 Å². The van der Waals surface area contributed by atoms with Crippen molar-refractivity contribution in [2.24, 2.45) is 5.92 Å². The summed E-state index contributed by atoms with van der Waals surface area (Å²) < 4.78 is 23.6. The van der Waals surface area contributed by atoms with Crippen LogP contribution in [0.4, 0.5) is 5.69 Å². The molecule has 0 bridgehead atoms. The van der Waals surface area contributed by atoms with Crippen LogP contribution in [0.5, 0.6) is 17.2 Å². The quantitative estimate of drug-likeness (QED) is 0.119. The van der Waals surface area contributed by atoms with Gasteiger partial charge in [0.25, 0.3) is 0 Å². The standard InChI is InChI=1S/C50H47N3O9/c1-59-40-28-35-22-23-52(30-36(35)29-41(40)60-2)47(56)42-44-48(57)62-45(33-14-7-4-8-15-33)43(32-12-5-3-6-13-32)53(44)46(34-17-19-37(20-18-34)61-26-25-55)50(42)38-27-31(11-9-10-24-54)16-21-39(38)51-49(50)58/h3-8,12-21,27-29,42-46,54-55H,10,22-26,30H2,1-2H3,(H,51,58)/t42-,43-,44-,45+,46?,50-/m1/s1. The second kappa shape index (κ2) is 17.0. The van der Waals surface area contributed by atoms with Gasteiger partial charge in [0.15, 0.2) is 11.5 Å². The number of aliphatic hydroxyl groups excluding tert-OH is 2. The summed E-state index contributed by atoms with van der Waals surface area (Å²) in [5.74, 6) is 5.09. The Morgan fingerprint density at radius 3 is 2.19 bits per heavy atom. The number of hydrogen-bond acceptors (Lipinski definition) is 10. The smallest absolute Gasteiger partial charge is 0.324 e. The topological polar surface area (TPSA) is 147 Å². The zero-order valence-corrected chi connectivity index (χ0v) is 34.5. The highest BCUT2D eigenvalue weighted by molar-refractivity contribution is 6.12. The molecule has 4 aliphatic heterocycles. The number of nitrogens with zero attached hydrogens (tertiary/aromatic N) is 2. The van der Waals surface area contributed by atoms with Crippen LogP contribution >= 0.6 is 0 Å². The van der Waals surface area contributed by atoms with Crippen LogP contribution in [0.1, 0.15) is 63.6 Å². The predicted octanol–water partition coefficient (Wildman–Crippen LogP) is 5.66. The monoisotopic (exact) mass is 833 g/mol. The summed E-state index contributed by atoms with van der Waals surface area (Å²) in [6, 6.07) is 33.1. The molecule has 4 aliphatic rings. The summed E-state index contributed by atoms with van der Waals surface area (Å²) in [4.78, 5) is 50.7. The van der Waals surface area contributed by atoms with Crippen molar-refractivity contribution >= 4 is 23.5 Å². The van der Waals surface area contributed by atoms with Gasteiger partial charge in [-0.2, -0.15) is 0 Å². The molecule has 0 aromatic heterocycles. The van der Waals surface area contributed by atoms with Gasteiger partial charge in [0.1, 0.15) is 29.9 Å². The maximum Gasteiger partial charge on any atom is 0.324 e. The van der Waals surface area contributed by atoms with Crippen LogP contribution in [-0.2, 0) is 37.5 Å². The number of methoxy groups -OCH3 is 2. The number of fused-ring (bicyclic) bond motifs is 4. The number of anilines is 1. The first-order valence-corrected chi connectivity index (χ1v) is 20.8. The lowest BCUT2D eigenvalue weighted by Crippen LogP contribution is -2.56. The highest BCUT2D eigenvalue weighted by Gasteiger charge is 2.74. The Balaban J connectivity index is 1.30. The van der Waals surface area contributed by atoms with Crippen LogP contribution in [-0.4, -0.2) is 84.4 Å². The Morgan fingerprint density at radius 1 is 0.823 bits per heavy atom. The minimum Gasteiger partial charge on any atom is -0.493 e. The summed E-state index contributed by atoms with van der Waals surface area (Å²) in [6.07, 6.45) is -0.0521. The molecule has 1 spiro atoms. The number of benzene rings is 5. The number of amides is 2. The summed E-state index contributed by atoms with van der Waals surface area (Å²) in [7, 11) is 3.15. The zero-order valence-electron chi connectivity index (χ0n) is 34.5. The summed E-state index contributed by atoms with van der Waals surface area (Å²) in [5, 5.41) is 22.2. The maximum atomic E-state index is 16.0. The van der Waals surface area contributed by atoms with Crippen molar-refractivity contribution in [2.75, 3.05) is 45.9 Å². The number of ether oxygens (including phenoxy) is 4. The van der Waals surface area contributed by atoms with Gasteiger partial charge in [0, 0.05) is 30.8 Å². The first-order chi connectivity index (χ1) is 30.3. The molecule has 3 N–H and O–H groups in total. The highest BCUT2D eigenvalue weighted by Crippen LogP contribution is 2.65.